The molecule has 3 rings (SSSR count). The predicted octanol–water partition coefficient (Wildman–Crippen LogP) is 3.08. The SMILES string of the molecule is CC(C)(NC(=O)c1ccc2c(c1)OCO2)c1ccccc1. The van der Waals surface area contributed by atoms with Gasteiger partial charge < -0.3 is 14.8 Å². The number of ether oxygens (including phenoxy) is 2. The van der Waals surface area contributed by atoms with E-state index in [0.29, 0.717) is 17.1 Å². The third kappa shape index (κ3) is 2.70. The summed E-state index contributed by atoms with van der Waals surface area (Å²) in [7, 11) is 0. The predicted molar refractivity (Wildman–Crippen MR) is 79.5 cm³/mol. The summed E-state index contributed by atoms with van der Waals surface area (Å²) in [6.07, 6.45) is 0. The van der Waals surface area contributed by atoms with Crippen LogP contribution in [0.25, 0.3) is 0 Å². The van der Waals surface area contributed by atoms with Gasteiger partial charge >= 0.3 is 0 Å². The third-order valence-corrected chi connectivity index (χ3v) is 3.56. The van der Waals surface area contributed by atoms with Gasteiger partial charge in [-0.1, -0.05) is 30.3 Å². The lowest BCUT2D eigenvalue weighted by Gasteiger charge is -2.27. The molecular formula is C17H17NO3. The van der Waals surface area contributed by atoms with E-state index in [1.165, 1.54) is 0 Å². The molecule has 0 aromatic heterocycles. The van der Waals surface area contributed by atoms with Gasteiger partial charge in [-0.15, -0.1) is 0 Å². The first-order valence-corrected chi connectivity index (χ1v) is 6.84. The second-order valence-corrected chi connectivity index (χ2v) is 5.51. The molecule has 1 amide bonds. The lowest BCUT2D eigenvalue weighted by molar-refractivity contribution is 0.0911. The minimum absolute atomic E-state index is 0.137. The van der Waals surface area contributed by atoms with Gasteiger partial charge in [0.1, 0.15) is 0 Å². The van der Waals surface area contributed by atoms with Gasteiger partial charge in [-0.3, -0.25) is 4.79 Å². The number of hydrogen-bond acceptors (Lipinski definition) is 3. The van der Waals surface area contributed by atoms with Crippen molar-refractivity contribution in [2.45, 2.75) is 19.4 Å². The Morgan fingerprint density at radius 3 is 2.52 bits per heavy atom. The standard InChI is InChI=1S/C17H17NO3/c1-17(2,13-6-4-3-5-7-13)18-16(19)12-8-9-14-15(10-12)21-11-20-14/h3-10H,11H2,1-2H3,(H,18,19). The fourth-order valence-electron chi connectivity index (χ4n) is 2.32. The van der Waals surface area contributed by atoms with Crippen LogP contribution in [0.2, 0.25) is 0 Å². The van der Waals surface area contributed by atoms with Crippen LogP contribution in [0.4, 0.5) is 0 Å². The Bertz CT molecular complexity index is 665. The molecule has 2 aromatic rings. The van der Waals surface area contributed by atoms with Crippen LogP contribution >= 0.6 is 0 Å². The van der Waals surface area contributed by atoms with Gasteiger partial charge in [-0.05, 0) is 37.6 Å². The van der Waals surface area contributed by atoms with Crippen molar-refractivity contribution >= 4 is 5.91 Å². The maximum Gasteiger partial charge on any atom is 0.252 e. The van der Waals surface area contributed by atoms with Crippen molar-refractivity contribution in [3.63, 3.8) is 0 Å². The first kappa shape index (κ1) is 13.5. The molecule has 0 spiro atoms. The monoisotopic (exact) mass is 283 g/mol. The summed E-state index contributed by atoms with van der Waals surface area (Å²) in [5.74, 6) is 1.15. The molecule has 0 unspecified atom stereocenters. The molecule has 4 nitrogen and oxygen atoms in total. The maximum absolute atomic E-state index is 12.4. The first-order valence-electron chi connectivity index (χ1n) is 6.84. The summed E-state index contributed by atoms with van der Waals surface area (Å²) in [6, 6.07) is 15.1. The van der Waals surface area contributed by atoms with Crippen LogP contribution in [0.15, 0.2) is 48.5 Å². The third-order valence-electron chi connectivity index (χ3n) is 3.56. The van der Waals surface area contributed by atoms with Gasteiger partial charge in [0.15, 0.2) is 11.5 Å². The summed E-state index contributed by atoms with van der Waals surface area (Å²) in [5.41, 5.74) is 1.16. The largest absolute Gasteiger partial charge is 0.454 e. The molecule has 0 saturated carbocycles. The fraction of sp³-hybridized carbons (Fsp3) is 0.235. The highest BCUT2D eigenvalue weighted by atomic mass is 16.7. The van der Waals surface area contributed by atoms with Crippen LogP contribution < -0.4 is 14.8 Å². The molecule has 0 saturated heterocycles. The van der Waals surface area contributed by atoms with E-state index >= 15 is 0 Å². The topological polar surface area (TPSA) is 47.6 Å². The van der Waals surface area contributed by atoms with E-state index in [1.807, 2.05) is 44.2 Å². The zero-order valence-corrected chi connectivity index (χ0v) is 12.1. The van der Waals surface area contributed by atoms with Crippen molar-refractivity contribution in [1.82, 2.24) is 5.32 Å². The highest BCUT2D eigenvalue weighted by Gasteiger charge is 2.24. The Balaban J connectivity index is 1.80. The fourth-order valence-corrected chi connectivity index (χ4v) is 2.32. The molecule has 2 aromatic carbocycles. The molecule has 0 radical (unpaired) electrons. The van der Waals surface area contributed by atoms with Gasteiger partial charge in [0.05, 0.1) is 5.54 Å². The molecule has 1 heterocycles. The molecule has 1 aliphatic rings. The second kappa shape index (κ2) is 5.13. The molecule has 4 heteroatoms. The van der Waals surface area contributed by atoms with Crippen LogP contribution in [0.5, 0.6) is 11.5 Å². The van der Waals surface area contributed by atoms with Gasteiger partial charge in [0.25, 0.3) is 5.91 Å². The number of benzene rings is 2. The molecule has 0 atom stereocenters. The number of fused-ring (bicyclic) bond motifs is 1. The molecule has 21 heavy (non-hydrogen) atoms. The Kier molecular flexibility index (Phi) is 3.29. The van der Waals surface area contributed by atoms with E-state index < -0.39 is 5.54 Å². The summed E-state index contributed by atoms with van der Waals surface area (Å²) in [4.78, 5) is 12.4. The van der Waals surface area contributed by atoms with Gasteiger partial charge in [-0.2, -0.15) is 0 Å². The maximum atomic E-state index is 12.4. The number of carbonyl (C=O) groups excluding carboxylic acids is 1. The van der Waals surface area contributed by atoms with Crippen molar-refractivity contribution in [2.75, 3.05) is 6.79 Å². The van der Waals surface area contributed by atoms with Crippen LogP contribution in [0, 0.1) is 0 Å². The number of carbonyl (C=O) groups is 1. The van der Waals surface area contributed by atoms with Crippen LogP contribution in [-0.2, 0) is 5.54 Å². The molecule has 108 valence electrons. The smallest absolute Gasteiger partial charge is 0.252 e. The molecule has 0 fully saturated rings. The van der Waals surface area contributed by atoms with E-state index in [4.69, 9.17) is 9.47 Å². The minimum atomic E-state index is -0.450. The van der Waals surface area contributed by atoms with Crippen LogP contribution in [0.1, 0.15) is 29.8 Å². The van der Waals surface area contributed by atoms with E-state index in [1.54, 1.807) is 18.2 Å². The average Bonchev–Trinajstić information content (AvgIpc) is 2.95. The number of amides is 1. The van der Waals surface area contributed by atoms with Crippen LogP contribution in [0.3, 0.4) is 0 Å². The molecule has 1 N–H and O–H groups in total. The van der Waals surface area contributed by atoms with Gasteiger partial charge in [0.2, 0.25) is 6.79 Å². The van der Waals surface area contributed by atoms with Crippen molar-refractivity contribution in [3.8, 4) is 11.5 Å². The normalized spacial score (nSPS) is 13.0. The molecule has 0 bridgehead atoms. The first-order chi connectivity index (χ1) is 10.1. The van der Waals surface area contributed by atoms with Crippen molar-refractivity contribution in [2.24, 2.45) is 0 Å². The zero-order valence-electron chi connectivity index (χ0n) is 12.1. The lowest BCUT2D eigenvalue weighted by Crippen LogP contribution is -2.40. The quantitative estimate of drug-likeness (QED) is 0.941. The van der Waals surface area contributed by atoms with E-state index in [0.717, 1.165) is 5.56 Å². The summed E-state index contributed by atoms with van der Waals surface area (Å²) < 4.78 is 10.6. The summed E-state index contributed by atoms with van der Waals surface area (Å²) in [6.45, 7) is 4.16. The Hall–Kier alpha value is -2.49. The summed E-state index contributed by atoms with van der Waals surface area (Å²) >= 11 is 0. The lowest BCUT2D eigenvalue weighted by atomic mass is 9.94. The second-order valence-electron chi connectivity index (χ2n) is 5.51. The minimum Gasteiger partial charge on any atom is -0.454 e. The Morgan fingerprint density at radius 1 is 1.05 bits per heavy atom. The average molecular weight is 283 g/mol. The van der Waals surface area contributed by atoms with E-state index in [-0.39, 0.29) is 12.7 Å². The molecule has 1 aliphatic heterocycles. The van der Waals surface area contributed by atoms with E-state index in [9.17, 15) is 4.79 Å². The van der Waals surface area contributed by atoms with Crippen LogP contribution in [-0.4, -0.2) is 12.7 Å². The Labute approximate surface area is 123 Å². The number of nitrogens with one attached hydrogen (secondary N) is 1. The highest BCUT2D eigenvalue weighted by Crippen LogP contribution is 2.32. The van der Waals surface area contributed by atoms with Gasteiger partial charge in [0, 0.05) is 5.56 Å². The number of hydrogen-bond donors (Lipinski definition) is 1. The Morgan fingerprint density at radius 2 is 1.76 bits per heavy atom. The zero-order chi connectivity index (χ0) is 14.9. The van der Waals surface area contributed by atoms with Crippen molar-refractivity contribution < 1.29 is 14.3 Å². The van der Waals surface area contributed by atoms with Crippen molar-refractivity contribution in [3.05, 3.63) is 59.7 Å². The van der Waals surface area contributed by atoms with Gasteiger partial charge in [-0.25, -0.2) is 0 Å². The highest BCUT2D eigenvalue weighted by molar-refractivity contribution is 5.95. The molecule has 0 aliphatic carbocycles. The molecular weight excluding hydrogens is 266 g/mol. The summed E-state index contributed by atoms with van der Waals surface area (Å²) in [5, 5.41) is 3.04. The van der Waals surface area contributed by atoms with E-state index in [2.05, 4.69) is 5.32 Å². The number of rotatable bonds is 3. The van der Waals surface area contributed by atoms with Crippen molar-refractivity contribution in [1.29, 1.82) is 0 Å².